The molecular formula is C6H7N3O2S. The molecule has 6 heteroatoms. The van der Waals surface area contributed by atoms with Gasteiger partial charge in [0.2, 0.25) is 0 Å². The first-order chi connectivity index (χ1) is 5.88. The maximum Gasteiger partial charge on any atom is 0.180 e. The molecule has 12 heavy (non-hydrogen) atoms. The minimum atomic E-state index is 0.180. The maximum atomic E-state index is 10.4. The molecule has 0 atom stereocenters. The largest absolute Gasteiger partial charge is 0.395 e. The van der Waals surface area contributed by atoms with Crippen LogP contribution in [0.15, 0.2) is 10.7 Å². The van der Waals surface area contributed by atoms with E-state index in [0.717, 1.165) is 0 Å². The third-order valence-corrected chi connectivity index (χ3v) is 1.70. The van der Waals surface area contributed by atoms with Gasteiger partial charge in [-0.25, -0.2) is 0 Å². The Morgan fingerprint density at radius 3 is 3.25 bits per heavy atom. The fourth-order valence-electron chi connectivity index (χ4n) is 0.530. The Balaban J connectivity index is 2.76. The zero-order chi connectivity index (χ0) is 8.81. The summed E-state index contributed by atoms with van der Waals surface area (Å²) in [7, 11) is 0. The van der Waals surface area contributed by atoms with Crippen LogP contribution in [0.3, 0.4) is 0 Å². The molecule has 1 heterocycles. The van der Waals surface area contributed by atoms with Crippen molar-refractivity contribution in [3.8, 4) is 0 Å². The van der Waals surface area contributed by atoms with Crippen LogP contribution in [0.4, 0.5) is 0 Å². The van der Waals surface area contributed by atoms with E-state index in [4.69, 9.17) is 4.84 Å². The molecule has 0 aromatic carbocycles. The van der Waals surface area contributed by atoms with Crippen LogP contribution in [0, 0.1) is 0 Å². The maximum absolute atomic E-state index is 10.4. The zero-order valence-electron chi connectivity index (χ0n) is 6.43. The van der Waals surface area contributed by atoms with Gasteiger partial charge in [0, 0.05) is 0 Å². The van der Waals surface area contributed by atoms with Crippen molar-refractivity contribution >= 4 is 23.3 Å². The number of nitrogens with zero attached hydrogens (tertiary/aromatic N) is 3. The molecule has 0 amide bonds. The van der Waals surface area contributed by atoms with Crippen molar-refractivity contribution in [1.82, 2.24) is 10.2 Å². The van der Waals surface area contributed by atoms with E-state index in [1.54, 1.807) is 6.92 Å². The highest BCUT2D eigenvalue weighted by atomic mass is 32.1. The van der Waals surface area contributed by atoms with E-state index in [2.05, 4.69) is 15.4 Å². The SMILES string of the molecule is CCON=C(C=O)c1nncs1. The number of rotatable bonds is 4. The number of aromatic nitrogens is 2. The van der Waals surface area contributed by atoms with Gasteiger partial charge in [-0.1, -0.05) is 16.5 Å². The van der Waals surface area contributed by atoms with Gasteiger partial charge in [-0.15, -0.1) is 10.2 Å². The van der Waals surface area contributed by atoms with Crippen LogP contribution >= 0.6 is 11.3 Å². The Bertz CT molecular complexity index is 270. The number of hydrogen-bond donors (Lipinski definition) is 0. The summed E-state index contributed by atoms with van der Waals surface area (Å²) in [6.45, 7) is 2.21. The van der Waals surface area contributed by atoms with E-state index in [9.17, 15) is 4.79 Å². The third-order valence-electron chi connectivity index (χ3n) is 0.983. The summed E-state index contributed by atoms with van der Waals surface area (Å²) in [6.07, 6.45) is 0.593. The molecule has 5 nitrogen and oxygen atoms in total. The predicted octanol–water partition coefficient (Wildman–Crippen LogP) is 0.478. The quantitative estimate of drug-likeness (QED) is 0.388. The summed E-state index contributed by atoms with van der Waals surface area (Å²) in [4.78, 5) is 15.1. The van der Waals surface area contributed by atoms with E-state index in [0.29, 0.717) is 17.9 Å². The Morgan fingerprint density at radius 1 is 1.92 bits per heavy atom. The van der Waals surface area contributed by atoms with Crippen LogP contribution < -0.4 is 0 Å². The summed E-state index contributed by atoms with van der Waals surface area (Å²) in [5.41, 5.74) is 1.71. The smallest absolute Gasteiger partial charge is 0.180 e. The molecule has 0 unspecified atom stereocenters. The zero-order valence-corrected chi connectivity index (χ0v) is 7.24. The molecule has 64 valence electrons. The molecule has 0 spiro atoms. The van der Waals surface area contributed by atoms with Gasteiger partial charge in [-0.05, 0) is 6.92 Å². The fraction of sp³-hybridized carbons (Fsp3) is 0.333. The lowest BCUT2D eigenvalue weighted by molar-refractivity contribution is -0.102. The van der Waals surface area contributed by atoms with Crippen molar-refractivity contribution in [2.24, 2.45) is 5.16 Å². The van der Waals surface area contributed by atoms with Gasteiger partial charge in [0.05, 0.1) is 0 Å². The monoisotopic (exact) mass is 185 g/mol. The highest BCUT2D eigenvalue weighted by molar-refractivity contribution is 7.12. The van der Waals surface area contributed by atoms with Gasteiger partial charge in [-0.2, -0.15) is 0 Å². The molecule has 0 fully saturated rings. The average Bonchev–Trinajstić information content (AvgIpc) is 2.59. The van der Waals surface area contributed by atoms with Crippen molar-refractivity contribution in [3.63, 3.8) is 0 Å². The first-order valence-electron chi connectivity index (χ1n) is 3.30. The normalized spacial score (nSPS) is 11.2. The molecule has 0 saturated heterocycles. The lowest BCUT2D eigenvalue weighted by atomic mass is 10.4. The van der Waals surface area contributed by atoms with Gasteiger partial charge in [0.25, 0.3) is 0 Å². The molecule has 0 aliphatic heterocycles. The van der Waals surface area contributed by atoms with Crippen molar-refractivity contribution in [3.05, 3.63) is 10.5 Å². The van der Waals surface area contributed by atoms with Gasteiger partial charge in [0.15, 0.2) is 17.0 Å². The highest BCUT2D eigenvalue weighted by Gasteiger charge is 2.05. The van der Waals surface area contributed by atoms with Crippen molar-refractivity contribution < 1.29 is 9.63 Å². The summed E-state index contributed by atoms with van der Waals surface area (Å²) in [5, 5.41) is 11.3. The standard InChI is InChI=1S/C6H7N3O2S/c1-2-11-9-5(3-10)6-8-7-4-12-6/h3-4H,2H2,1H3. The Hall–Kier alpha value is -1.30. The Labute approximate surface area is 73.1 Å². The van der Waals surface area contributed by atoms with Crippen LogP contribution in [0.25, 0.3) is 0 Å². The topological polar surface area (TPSA) is 64.4 Å². The molecule has 1 rings (SSSR count). The molecule has 0 saturated carbocycles. The van der Waals surface area contributed by atoms with E-state index in [-0.39, 0.29) is 5.71 Å². The van der Waals surface area contributed by atoms with Crippen molar-refractivity contribution in [2.45, 2.75) is 6.92 Å². The van der Waals surface area contributed by atoms with E-state index in [1.165, 1.54) is 16.8 Å². The van der Waals surface area contributed by atoms with Crippen LogP contribution in [-0.4, -0.2) is 28.8 Å². The van der Waals surface area contributed by atoms with Crippen molar-refractivity contribution in [1.29, 1.82) is 0 Å². The minimum absolute atomic E-state index is 0.180. The number of carbonyl (C=O) groups excluding carboxylic acids is 1. The van der Waals surface area contributed by atoms with Gasteiger partial charge in [0.1, 0.15) is 12.1 Å². The molecule has 0 bridgehead atoms. The molecule has 0 aliphatic carbocycles. The van der Waals surface area contributed by atoms with Crippen LogP contribution in [0.1, 0.15) is 11.9 Å². The van der Waals surface area contributed by atoms with Crippen LogP contribution in [-0.2, 0) is 9.63 Å². The molecule has 1 aromatic rings. The summed E-state index contributed by atoms with van der Waals surface area (Å²) in [5.74, 6) is 0. The number of hydrogen-bond acceptors (Lipinski definition) is 6. The second kappa shape index (κ2) is 4.55. The van der Waals surface area contributed by atoms with Crippen LogP contribution in [0.5, 0.6) is 0 Å². The second-order valence-electron chi connectivity index (χ2n) is 1.76. The summed E-state index contributed by atoms with van der Waals surface area (Å²) in [6, 6.07) is 0. The van der Waals surface area contributed by atoms with E-state index >= 15 is 0 Å². The van der Waals surface area contributed by atoms with E-state index in [1.807, 2.05) is 0 Å². The van der Waals surface area contributed by atoms with Gasteiger partial charge in [-0.3, -0.25) is 4.79 Å². The fourth-order valence-corrected chi connectivity index (χ4v) is 1.02. The predicted molar refractivity (Wildman–Crippen MR) is 44.1 cm³/mol. The molecular weight excluding hydrogens is 178 g/mol. The van der Waals surface area contributed by atoms with Crippen LogP contribution in [0.2, 0.25) is 0 Å². The number of carbonyl (C=O) groups is 1. The number of oxime groups is 1. The summed E-state index contributed by atoms with van der Waals surface area (Å²) >= 11 is 1.24. The Morgan fingerprint density at radius 2 is 2.75 bits per heavy atom. The molecule has 0 radical (unpaired) electrons. The first kappa shape index (κ1) is 8.79. The summed E-state index contributed by atoms with van der Waals surface area (Å²) < 4.78 is 0. The average molecular weight is 185 g/mol. The molecule has 0 N–H and O–H groups in total. The second-order valence-corrected chi connectivity index (χ2v) is 2.59. The molecule has 1 aromatic heterocycles. The third kappa shape index (κ3) is 2.09. The van der Waals surface area contributed by atoms with E-state index < -0.39 is 0 Å². The first-order valence-corrected chi connectivity index (χ1v) is 4.18. The minimum Gasteiger partial charge on any atom is -0.395 e. The lowest BCUT2D eigenvalue weighted by Crippen LogP contribution is -2.02. The number of aldehydes is 1. The van der Waals surface area contributed by atoms with Gasteiger partial charge >= 0.3 is 0 Å². The van der Waals surface area contributed by atoms with Gasteiger partial charge < -0.3 is 4.84 Å². The highest BCUT2D eigenvalue weighted by Crippen LogP contribution is 2.02. The van der Waals surface area contributed by atoms with Crippen molar-refractivity contribution in [2.75, 3.05) is 6.61 Å². The molecule has 0 aliphatic rings. The Kier molecular flexibility index (Phi) is 3.34. The lowest BCUT2D eigenvalue weighted by Gasteiger charge is -1.92.